The molecular weight excluding hydrogens is 366 g/mol. The van der Waals surface area contributed by atoms with E-state index in [2.05, 4.69) is 12.2 Å². The van der Waals surface area contributed by atoms with E-state index < -0.39 is 0 Å². The van der Waals surface area contributed by atoms with Crippen molar-refractivity contribution in [2.24, 2.45) is 17.3 Å². The molecule has 1 heterocycles. The SMILES string of the molecule is COC(=O)c1ccc(C(NC(=O)c2ccco2)[C@]2(C)CC2C2CCCCC2)cc1. The molecule has 2 unspecified atom stereocenters. The zero-order chi connectivity index (χ0) is 20.4. The van der Waals surface area contributed by atoms with Gasteiger partial charge in [0.25, 0.3) is 5.91 Å². The Hall–Kier alpha value is -2.56. The predicted molar refractivity (Wildman–Crippen MR) is 109 cm³/mol. The van der Waals surface area contributed by atoms with Gasteiger partial charge in [-0.2, -0.15) is 0 Å². The Labute approximate surface area is 171 Å². The number of carbonyl (C=O) groups excluding carboxylic acids is 2. The Morgan fingerprint density at radius 1 is 1.14 bits per heavy atom. The van der Waals surface area contributed by atoms with Gasteiger partial charge in [-0.25, -0.2) is 4.79 Å². The monoisotopic (exact) mass is 395 g/mol. The fourth-order valence-electron chi connectivity index (χ4n) is 5.16. The number of nitrogens with one attached hydrogen (secondary N) is 1. The number of hydrogen-bond acceptors (Lipinski definition) is 4. The van der Waals surface area contributed by atoms with Crippen molar-refractivity contribution in [3.05, 3.63) is 59.5 Å². The van der Waals surface area contributed by atoms with Gasteiger partial charge in [0.1, 0.15) is 0 Å². The highest BCUT2D eigenvalue weighted by atomic mass is 16.5. The summed E-state index contributed by atoms with van der Waals surface area (Å²) in [4.78, 5) is 24.6. The van der Waals surface area contributed by atoms with Crippen LogP contribution in [-0.2, 0) is 4.74 Å². The van der Waals surface area contributed by atoms with Gasteiger partial charge in [0.05, 0.1) is 25.0 Å². The summed E-state index contributed by atoms with van der Waals surface area (Å²) in [6.45, 7) is 2.29. The molecule has 0 radical (unpaired) electrons. The smallest absolute Gasteiger partial charge is 0.337 e. The van der Waals surface area contributed by atoms with Crippen molar-refractivity contribution >= 4 is 11.9 Å². The first-order valence-corrected chi connectivity index (χ1v) is 10.6. The molecule has 2 aliphatic carbocycles. The topological polar surface area (TPSA) is 68.5 Å². The number of rotatable bonds is 6. The van der Waals surface area contributed by atoms with E-state index in [9.17, 15) is 9.59 Å². The lowest BCUT2D eigenvalue weighted by molar-refractivity contribution is 0.0600. The molecule has 2 aliphatic rings. The van der Waals surface area contributed by atoms with Gasteiger partial charge in [0, 0.05) is 0 Å². The lowest BCUT2D eigenvalue weighted by atomic mass is 9.79. The second kappa shape index (κ2) is 8.05. The molecule has 2 aromatic rings. The first-order valence-electron chi connectivity index (χ1n) is 10.6. The maximum absolute atomic E-state index is 12.8. The molecule has 154 valence electrons. The number of hydrogen-bond donors (Lipinski definition) is 1. The molecule has 0 aliphatic heterocycles. The molecule has 2 saturated carbocycles. The number of esters is 1. The molecule has 1 aromatic carbocycles. The number of carbonyl (C=O) groups is 2. The molecule has 0 bridgehead atoms. The zero-order valence-corrected chi connectivity index (χ0v) is 17.1. The molecule has 2 fully saturated rings. The van der Waals surface area contributed by atoms with Crippen molar-refractivity contribution in [3.8, 4) is 0 Å². The minimum atomic E-state index is -0.356. The Morgan fingerprint density at radius 3 is 2.48 bits per heavy atom. The second-order valence-electron chi connectivity index (χ2n) is 8.71. The highest BCUT2D eigenvalue weighted by Gasteiger charge is 2.58. The molecule has 0 saturated heterocycles. The van der Waals surface area contributed by atoms with E-state index in [0.717, 1.165) is 17.9 Å². The molecule has 1 aromatic heterocycles. The maximum atomic E-state index is 12.8. The minimum absolute atomic E-state index is 0.0110. The van der Waals surface area contributed by atoms with Crippen molar-refractivity contribution < 1.29 is 18.7 Å². The third-order valence-corrected chi connectivity index (χ3v) is 6.91. The summed E-state index contributed by atoms with van der Waals surface area (Å²) < 4.78 is 10.1. The van der Waals surface area contributed by atoms with Crippen LogP contribution >= 0.6 is 0 Å². The molecule has 4 rings (SSSR count). The van der Waals surface area contributed by atoms with Crippen molar-refractivity contribution in [1.29, 1.82) is 0 Å². The second-order valence-corrected chi connectivity index (χ2v) is 8.71. The van der Waals surface area contributed by atoms with Crippen LogP contribution in [0.2, 0.25) is 0 Å². The van der Waals surface area contributed by atoms with E-state index in [1.54, 1.807) is 24.3 Å². The van der Waals surface area contributed by atoms with Gasteiger partial charge in [-0.3, -0.25) is 4.79 Å². The van der Waals surface area contributed by atoms with E-state index >= 15 is 0 Å². The predicted octanol–water partition coefficient (Wildman–Crippen LogP) is 5.14. The van der Waals surface area contributed by atoms with Gasteiger partial charge in [-0.05, 0) is 53.5 Å². The molecule has 3 atom stereocenters. The van der Waals surface area contributed by atoms with Crippen molar-refractivity contribution in [3.63, 3.8) is 0 Å². The van der Waals surface area contributed by atoms with Gasteiger partial charge in [-0.15, -0.1) is 0 Å². The summed E-state index contributed by atoms with van der Waals surface area (Å²) in [7, 11) is 1.38. The van der Waals surface area contributed by atoms with Gasteiger partial charge in [-0.1, -0.05) is 51.2 Å². The Kier molecular flexibility index (Phi) is 5.48. The lowest BCUT2D eigenvalue weighted by Crippen LogP contribution is -2.35. The first-order chi connectivity index (χ1) is 14.0. The average molecular weight is 395 g/mol. The maximum Gasteiger partial charge on any atom is 0.337 e. The van der Waals surface area contributed by atoms with E-state index in [4.69, 9.17) is 9.15 Å². The van der Waals surface area contributed by atoms with E-state index in [1.165, 1.54) is 45.5 Å². The number of furan rings is 1. The molecule has 5 heteroatoms. The minimum Gasteiger partial charge on any atom is -0.465 e. The fourth-order valence-corrected chi connectivity index (χ4v) is 5.16. The van der Waals surface area contributed by atoms with Crippen LogP contribution in [0, 0.1) is 17.3 Å². The Bertz CT molecular complexity index is 852. The van der Waals surface area contributed by atoms with Crippen LogP contribution in [0.1, 0.15) is 78.0 Å². The van der Waals surface area contributed by atoms with E-state index in [0.29, 0.717) is 17.2 Å². The average Bonchev–Trinajstić information content (AvgIpc) is 3.17. The Morgan fingerprint density at radius 2 is 1.86 bits per heavy atom. The third kappa shape index (κ3) is 3.96. The van der Waals surface area contributed by atoms with Crippen LogP contribution in [0.15, 0.2) is 47.1 Å². The summed E-state index contributed by atoms with van der Waals surface area (Å²) >= 11 is 0. The first kappa shape index (κ1) is 19.7. The highest BCUT2D eigenvalue weighted by molar-refractivity contribution is 5.92. The van der Waals surface area contributed by atoms with Crippen LogP contribution in [0.25, 0.3) is 0 Å². The highest BCUT2D eigenvalue weighted by Crippen LogP contribution is 2.65. The molecule has 5 nitrogen and oxygen atoms in total. The molecule has 0 spiro atoms. The quantitative estimate of drug-likeness (QED) is 0.687. The van der Waals surface area contributed by atoms with Crippen LogP contribution < -0.4 is 5.32 Å². The molecule has 1 amide bonds. The third-order valence-electron chi connectivity index (χ3n) is 6.91. The number of amides is 1. The van der Waals surface area contributed by atoms with E-state index in [-0.39, 0.29) is 23.3 Å². The molecule has 29 heavy (non-hydrogen) atoms. The van der Waals surface area contributed by atoms with Gasteiger partial charge in [0.15, 0.2) is 5.76 Å². The van der Waals surface area contributed by atoms with Crippen molar-refractivity contribution in [2.45, 2.75) is 51.5 Å². The normalized spacial score (nSPS) is 25.2. The number of ether oxygens (including phenoxy) is 1. The van der Waals surface area contributed by atoms with Crippen molar-refractivity contribution in [2.75, 3.05) is 7.11 Å². The van der Waals surface area contributed by atoms with Gasteiger partial charge >= 0.3 is 5.97 Å². The molecule has 1 N–H and O–H groups in total. The van der Waals surface area contributed by atoms with E-state index in [1.807, 2.05) is 12.1 Å². The van der Waals surface area contributed by atoms with Gasteiger partial charge in [0.2, 0.25) is 0 Å². The zero-order valence-electron chi connectivity index (χ0n) is 17.1. The number of benzene rings is 1. The fraction of sp³-hybridized carbons (Fsp3) is 0.500. The standard InChI is InChI=1S/C24H29NO4/c1-24(15-19(24)16-7-4-3-5-8-16)21(25-22(26)20-9-6-14-29-20)17-10-12-18(13-11-17)23(27)28-2/h6,9-14,16,19,21H,3-5,7-8,15H2,1-2H3,(H,25,26)/t19?,21?,24-/m1/s1. The van der Waals surface area contributed by atoms with Crippen LogP contribution in [0.3, 0.4) is 0 Å². The van der Waals surface area contributed by atoms with Crippen LogP contribution in [0.5, 0.6) is 0 Å². The van der Waals surface area contributed by atoms with Crippen molar-refractivity contribution in [1.82, 2.24) is 5.32 Å². The van der Waals surface area contributed by atoms with Gasteiger partial charge < -0.3 is 14.5 Å². The Balaban J connectivity index is 1.59. The largest absolute Gasteiger partial charge is 0.465 e. The molecular formula is C24H29NO4. The summed E-state index contributed by atoms with van der Waals surface area (Å²) in [5.74, 6) is 1.12. The summed E-state index contributed by atoms with van der Waals surface area (Å²) in [6.07, 6.45) is 9.18. The summed E-state index contributed by atoms with van der Waals surface area (Å²) in [5.41, 5.74) is 1.53. The lowest BCUT2D eigenvalue weighted by Gasteiger charge is -2.30. The summed E-state index contributed by atoms with van der Waals surface area (Å²) in [6, 6.07) is 10.7. The van der Waals surface area contributed by atoms with Crippen LogP contribution in [-0.4, -0.2) is 19.0 Å². The summed E-state index contributed by atoms with van der Waals surface area (Å²) in [5, 5.41) is 3.22. The van der Waals surface area contributed by atoms with Crippen LogP contribution in [0.4, 0.5) is 0 Å². The number of methoxy groups -OCH3 is 1.